The van der Waals surface area contributed by atoms with Gasteiger partial charge in [-0.3, -0.25) is 14.9 Å². The second kappa shape index (κ2) is 9.77. The van der Waals surface area contributed by atoms with Crippen molar-refractivity contribution in [1.29, 1.82) is 0 Å². The quantitative estimate of drug-likeness (QED) is 0.407. The van der Waals surface area contributed by atoms with Gasteiger partial charge < -0.3 is 10.6 Å². The largest absolute Gasteiger partial charge is 0.332 e. The van der Waals surface area contributed by atoms with Crippen molar-refractivity contribution in [3.63, 3.8) is 0 Å². The van der Waals surface area contributed by atoms with Crippen LogP contribution in [0.1, 0.15) is 20.8 Å². The number of anilines is 2. The van der Waals surface area contributed by atoms with E-state index in [-0.39, 0.29) is 16.9 Å². The first-order valence-electron chi connectivity index (χ1n) is 8.81. The number of hydrogen-bond acceptors (Lipinski definition) is 4. The Labute approximate surface area is 178 Å². The number of carbonyl (C=O) groups is 2. The molecule has 0 saturated carbocycles. The van der Waals surface area contributed by atoms with Gasteiger partial charge in [-0.15, -0.1) is 11.3 Å². The molecule has 29 heavy (non-hydrogen) atoms. The van der Waals surface area contributed by atoms with E-state index in [2.05, 4.69) is 16.0 Å². The number of benzene rings is 2. The fraction of sp³-hybridized carbons (Fsp3) is 0.0455. The van der Waals surface area contributed by atoms with E-state index in [1.807, 2.05) is 48.7 Å². The van der Waals surface area contributed by atoms with Crippen molar-refractivity contribution in [2.75, 3.05) is 10.6 Å². The zero-order valence-corrected chi connectivity index (χ0v) is 17.3. The molecule has 0 bridgehead atoms. The first-order chi connectivity index (χ1) is 14.0. The van der Waals surface area contributed by atoms with Crippen molar-refractivity contribution in [3.8, 4) is 0 Å². The molecule has 2 amide bonds. The van der Waals surface area contributed by atoms with Gasteiger partial charge in [0.15, 0.2) is 5.11 Å². The molecule has 7 heteroatoms. The summed E-state index contributed by atoms with van der Waals surface area (Å²) in [5.74, 6) is -0.558. The van der Waals surface area contributed by atoms with Crippen LogP contribution in [0.2, 0.25) is 0 Å². The van der Waals surface area contributed by atoms with Gasteiger partial charge in [-0.2, -0.15) is 0 Å². The Morgan fingerprint density at radius 2 is 1.72 bits per heavy atom. The number of hydrogen-bond donors (Lipinski definition) is 3. The fourth-order valence-electron chi connectivity index (χ4n) is 2.52. The number of thiophene rings is 1. The molecule has 0 spiro atoms. The van der Waals surface area contributed by atoms with Crippen LogP contribution in [0.3, 0.4) is 0 Å². The first kappa shape index (κ1) is 20.4. The molecule has 3 rings (SSSR count). The van der Waals surface area contributed by atoms with Crippen LogP contribution in [0.15, 0.2) is 72.1 Å². The zero-order chi connectivity index (χ0) is 20.6. The van der Waals surface area contributed by atoms with E-state index in [1.54, 1.807) is 30.3 Å². The molecule has 0 aliphatic heterocycles. The molecule has 0 saturated heterocycles. The Hall–Kier alpha value is -3.29. The lowest BCUT2D eigenvalue weighted by Crippen LogP contribution is -2.32. The molecule has 146 valence electrons. The summed E-state index contributed by atoms with van der Waals surface area (Å²) in [5.41, 5.74) is 2.87. The zero-order valence-electron chi connectivity index (χ0n) is 15.6. The predicted octanol–water partition coefficient (Wildman–Crippen LogP) is 4.84. The minimum absolute atomic E-state index is 0.155. The summed E-state index contributed by atoms with van der Waals surface area (Å²) < 4.78 is 0. The molecule has 3 N–H and O–H groups in total. The standard InChI is InChI=1S/C22H19N3O2S2/c1-15-5-2-7-17(13-15)23-21(27)16-6-3-8-18(14-16)24-22(28)25-20(26)11-10-19-9-4-12-29-19/h2-14H,1H3,(H,23,27)(H2,24,25,26,28)/b11-10+. The third-order valence-corrected chi connectivity index (χ3v) is 4.88. The lowest BCUT2D eigenvalue weighted by molar-refractivity contribution is -0.115. The second-order valence-corrected chi connectivity index (χ2v) is 7.58. The number of amides is 2. The van der Waals surface area contributed by atoms with Crippen molar-refractivity contribution in [2.24, 2.45) is 0 Å². The summed E-state index contributed by atoms with van der Waals surface area (Å²) in [5, 5.41) is 10.5. The molecule has 0 aliphatic carbocycles. The average molecular weight is 422 g/mol. The number of nitrogens with one attached hydrogen (secondary N) is 3. The highest BCUT2D eigenvalue weighted by atomic mass is 32.1. The smallest absolute Gasteiger partial charge is 0.255 e. The first-order valence-corrected chi connectivity index (χ1v) is 10.1. The van der Waals surface area contributed by atoms with Crippen LogP contribution in [0.25, 0.3) is 6.08 Å². The summed E-state index contributed by atoms with van der Waals surface area (Å²) in [6, 6.07) is 18.3. The van der Waals surface area contributed by atoms with E-state index < -0.39 is 0 Å². The van der Waals surface area contributed by atoms with Crippen LogP contribution >= 0.6 is 23.6 Å². The van der Waals surface area contributed by atoms with Gasteiger partial charge in [0, 0.05) is 27.9 Å². The van der Waals surface area contributed by atoms with E-state index >= 15 is 0 Å². The molecular formula is C22H19N3O2S2. The summed E-state index contributed by atoms with van der Waals surface area (Å²) in [7, 11) is 0. The molecular weight excluding hydrogens is 402 g/mol. The van der Waals surface area contributed by atoms with Crippen LogP contribution in [0, 0.1) is 6.92 Å². The van der Waals surface area contributed by atoms with Gasteiger partial charge in [0.2, 0.25) is 5.91 Å². The summed E-state index contributed by atoms with van der Waals surface area (Å²) >= 11 is 6.72. The van der Waals surface area contributed by atoms with Crippen molar-refractivity contribution < 1.29 is 9.59 Å². The molecule has 5 nitrogen and oxygen atoms in total. The summed E-state index contributed by atoms with van der Waals surface area (Å²) in [4.78, 5) is 25.4. The second-order valence-electron chi connectivity index (χ2n) is 6.20. The van der Waals surface area contributed by atoms with Crippen molar-refractivity contribution >= 4 is 57.9 Å². The summed E-state index contributed by atoms with van der Waals surface area (Å²) in [6.07, 6.45) is 3.14. The van der Waals surface area contributed by atoms with E-state index in [0.717, 1.165) is 16.1 Å². The van der Waals surface area contributed by atoms with Crippen molar-refractivity contribution in [2.45, 2.75) is 6.92 Å². The van der Waals surface area contributed by atoms with E-state index in [1.165, 1.54) is 17.4 Å². The van der Waals surface area contributed by atoms with Crippen LogP contribution in [-0.4, -0.2) is 16.9 Å². The van der Waals surface area contributed by atoms with Crippen LogP contribution in [-0.2, 0) is 4.79 Å². The maximum absolute atomic E-state index is 12.5. The van der Waals surface area contributed by atoms with E-state index in [9.17, 15) is 9.59 Å². The normalized spacial score (nSPS) is 10.5. The molecule has 0 radical (unpaired) electrons. The number of thiocarbonyl (C=S) groups is 1. The highest BCUT2D eigenvalue weighted by Crippen LogP contribution is 2.15. The molecule has 0 fully saturated rings. The predicted molar refractivity (Wildman–Crippen MR) is 123 cm³/mol. The van der Waals surface area contributed by atoms with Crippen molar-refractivity contribution in [3.05, 3.63) is 88.1 Å². The number of aryl methyl sites for hydroxylation is 1. The highest BCUT2D eigenvalue weighted by molar-refractivity contribution is 7.80. The van der Waals surface area contributed by atoms with E-state index in [4.69, 9.17) is 12.2 Å². The number of carbonyl (C=O) groups excluding carboxylic acids is 2. The van der Waals surface area contributed by atoms with Gasteiger partial charge in [-0.05, 0) is 72.6 Å². The van der Waals surface area contributed by atoms with Crippen molar-refractivity contribution in [1.82, 2.24) is 5.32 Å². The van der Waals surface area contributed by atoms with Crippen LogP contribution < -0.4 is 16.0 Å². The van der Waals surface area contributed by atoms with Gasteiger partial charge in [0.1, 0.15) is 0 Å². The lowest BCUT2D eigenvalue weighted by atomic mass is 10.1. The van der Waals surface area contributed by atoms with Gasteiger partial charge in [-0.1, -0.05) is 24.3 Å². The van der Waals surface area contributed by atoms with Crippen LogP contribution in [0.5, 0.6) is 0 Å². The van der Waals surface area contributed by atoms with Gasteiger partial charge in [-0.25, -0.2) is 0 Å². The molecule has 1 heterocycles. The lowest BCUT2D eigenvalue weighted by Gasteiger charge is -2.10. The fourth-order valence-corrected chi connectivity index (χ4v) is 3.36. The molecule has 3 aromatic rings. The Morgan fingerprint density at radius 3 is 2.45 bits per heavy atom. The molecule has 1 aromatic heterocycles. The Bertz CT molecular complexity index is 1060. The number of rotatable bonds is 5. The molecule has 0 aliphatic rings. The molecule has 0 unspecified atom stereocenters. The average Bonchev–Trinajstić information content (AvgIpc) is 3.20. The minimum Gasteiger partial charge on any atom is -0.332 e. The van der Waals surface area contributed by atoms with Gasteiger partial charge >= 0.3 is 0 Å². The highest BCUT2D eigenvalue weighted by Gasteiger charge is 2.08. The Kier molecular flexibility index (Phi) is 6.89. The topological polar surface area (TPSA) is 70.2 Å². The maximum Gasteiger partial charge on any atom is 0.255 e. The Balaban J connectivity index is 1.58. The summed E-state index contributed by atoms with van der Waals surface area (Å²) in [6.45, 7) is 1.96. The van der Waals surface area contributed by atoms with E-state index in [0.29, 0.717) is 11.3 Å². The van der Waals surface area contributed by atoms with Crippen LogP contribution in [0.4, 0.5) is 11.4 Å². The third kappa shape index (κ3) is 6.38. The van der Waals surface area contributed by atoms with Gasteiger partial charge in [0.25, 0.3) is 5.91 Å². The third-order valence-electron chi connectivity index (χ3n) is 3.84. The minimum atomic E-state index is -0.329. The molecule has 0 atom stereocenters. The molecule has 2 aromatic carbocycles. The monoisotopic (exact) mass is 421 g/mol. The Morgan fingerprint density at radius 1 is 0.966 bits per heavy atom. The SMILES string of the molecule is Cc1cccc(NC(=O)c2cccc(NC(=S)NC(=O)/C=C/c3cccs3)c2)c1. The van der Waals surface area contributed by atoms with Gasteiger partial charge in [0.05, 0.1) is 0 Å². The maximum atomic E-state index is 12.5.